The lowest BCUT2D eigenvalue weighted by Crippen LogP contribution is -2.19. The van der Waals surface area contributed by atoms with Crippen LogP contribution in [0.4, 0.5) is 10.1 Å². The first-order valence-electron chi connectivity index (χ1n) is 7.22. The highest BCUT2D eigenvalue weighted by molar-refractivity contribution is 6.02. The predicted molar refractivity (Wildman–Crippen MR) is 85.4 cm³/mol. The van der Waals surface area contributed by atoms with Crippen LogP contribution in [-0.4, -0.2) is 11.9 Å². The summed E-state index contributed by atoms with van der Waals surface area (Å²) in [6.45, 7) is 3.51. The summed E-state index contributed by atoms with van der Waals surface area (Å²) in [7, 11) is 0. The number of aryl methyl sites for hydroxylation is 2. The van der Waals surface area contributed by atoms with Gasteiger partial charge in [-0.3, -0.25) is 9.59 Å². The molecule has 0 heterocycles. The molecule has 0 aromatic heterocycles. The SMILES string of the molecule is Cc1cc(F)cc(C)c1NC(=O)CC(=O)OCc1ccccc1. The lowest BCUT2D eigenvalue weighted by atomic mass is 10.1. The van der Waals surface area contributed by atoms with Gasteiger partial charge in [-0.25, -0.2) is 4.39 Å². The Labute approximate surface area is 134 Å². The summed E-state index contributed by atoms with van der Waals surface area (Å²) in [5, 5.41) is 2.63. The second-order valence-corrected chi connectivity index (χ2v) is 5.29. The smallest absolute Gasteiger partial charge is 0.315 e. The summed E-state index contributed by atoms with van der Waals surface area (Å²) >= 11 is 0. The second-order valence-electron chi connectivity index (χ2n) is 5.29. The Morgan fingerprint density at radius 2 is 1.70 bits per heavy atom. The van der Waals surface area contributed by atoms with Gasteiger partial charge in [-0.2, -0.15) is 0 Å². The molecule has 0 saturated heterocycles. The van der Waals surface area contributed by atoms with E-state index in [1.807, 2.05) is 30.3 Å². The van der Waals surface area contributed by atoms with Gasteiger partial charge in [0.05, 0.1) is 0 Å². The molecule has 2 aromatic rings. The van der Waals surface area contributed by atoms with Crippen LogP contribution in [-0.2, 0) is 20.9 Å². The fourth-order valence-corrected chi connectivity index (χ4v) is 2.21. The number of hydrogen-bond acceptors (Lipinski definition) is 3. The largest absolute Gasteiger partial charge is 0.460 e. The number of amides is 1. The molecule has 5 heteroatoms. The topological polar surface area (TPSA) is 55.4 Å². The molecule has 0 aliphatic carbocycles. The third kappa shape index (κ3) is 4.92. The first kappa shape index (κ1) is 16.7. The van der Waals surface area contributed by atoms with Gasteiger partial charge in [0.15, 0.2) is 0 Å². The Hall–Kier alpha value is -2.69. The van der Waals surface area contributed by atoms with Gasteiger partial charge in [-0.1, -0.05) is 30.3 Å². The molecule has 0 radical (unpaired) electrons. The van der Waals surface area contributed by atoms with Crippen LogP contribution in [0.25, 0.3) is 0 Å². The highest BCUT2D eigenvalue weighted by Crippen LogP contribution is 2.21. The van der Waals surface area contributed by atoms with Crippen molar-refractivity contribution in [2.75, 3.05) is 5.32 Å². The summed E-state index contributed by atoms with van der Waals surface area (Å²) in [5.41, 5.74) is 2.58. The van der Waals surface area contributed by atoms with Crippen LogP contribution in [0.1, 0.15) is 23.1 Å². The maximum absolute atomic E-state index is 13.2. The van der Waals surface area contributed by atoms with Crippen molar-refractivity contribution in [3.63, 3.8) is 0 Å². The summed E-state index contributed by atoms with van der Waals surface area (Å²) in [5.74, 6) is -1.45. The minimum absolute atomic E-state index is 0.127. The van der Waals surface area contributed by atoms with Crippen molar-refractivity contribution in [3.05, 3.63) is 65.0 Å². The maximum Gasteiger partial charge on any atom is 0.315 e. The Morgan fingerprint density at radius 3 is 2.30 bits per heavy atom. The van der Waals surface area contributed by atoms with E-state index in [9.17, 15) is 14.0 Å². The number of nitrogens with one attached hydrogen (secondary N) is 1. The van der Waals surface area contributed by atoms with Gasteiger partial charge in [-0.15, -0.1) is 0 Å². The standard InChI is InChI=1S/C18H18FNO3/c1-12-8-15(19)9-13(2)18(12)20-16(21)10-17(22)23-11-14-6-4-3-5-7-14/h3-9H,10-11H2,1-2H3,(H,20,21). The summed E-state index contributed by atoms with van der Waals surface area (Å²) in [4.78, 5) is 23.6. The van der Waals surface area contributed by atoms with Gasteiger partial charge >= 0.3 is 5.97 Å². The van der Waals surface area contributed by atoms with Crippen molar-refractivity contribution in [1.29, 1.82) is 0 Å². The molecule has 4 nitrogen and oxygen atoms in total. The van der Waals surface area contributed by atoms with Crippen molar-refractivity contribution in [2.45, 2.75) is 26.9 Å². The zero-order valence-electron chi connectivity index (χ0n) is 13.1. The molecular weight excluding hydrogens is 297 g/mol. The normalized spacial score (nSPS) is 10.2. The molecular formula is C18H18FNO3. The van der Waals surface area contributed by atoms with Crippen LogP contribution in [0.2, 0.25) is 0 Å². The Kier molecular flexibility index (Phi) is 5.46. The van der Waals surface area contributed by atoms with Crippen LogP contribution >= 0.6 is 0 Å². The number of rotatable bonds is 5. The van der Waals surface area contributed by atoms with Crippen LogP contribution in [0.3, 0.4) is 0 Å². The van der Waals surface area contributed by atoms with E-state index < -0.39 is 11.9 Å². The van der Waals surface area contributed by atoms with Crippen LogP contribution in [0.15, 0.2) is 42.5 Å². The fourth-order valence-electron chi connectivity index (χ4n) is 2.21. The van der Waals surface area contributed by atoms with Crippen LogP contribution in [0, 0.1) is 19.7 Å². The molecule has 2 rings (SSSR count). The average Bonchev–Trinajstić information content (AvgIpc) is 2.50. The first-order valence-corrected chi connectivity index (χ1v) is 7.22. The van der Waals surface area contributed by atoms with Crippen molar-refractivity contribution in [1.82, 2.24) is 0 Å². The van der Waals surface area contributed by atoms with Gasteiger partial charge in [0.25, 0.3) is 0 Å². The van der Waals surface area contributed by atoms with E-state index in [0.717, 1.165) is 5.56 Å². The number of halogens is 1. The van der Waals surface area contributed by atoms with Crippen molar-refractivity contribution < 1.29 is 18.7 Å². The van der Waals surface area contributed by atoms with Gasteiger partial charge in [0.2, 0.25) is 5.91 Å². The summed E-state index contributed by atoms with van der Waals surface area (Å²) in [6, 6.07) is 11.9. The van der Waals surface area contributed by atoms with Gasteiger partial charge in [-0.05, 0) is 42.7 Å². The molecule has 0 unspecified atom stereocenters. The highest BCUT2D eigenvalue weighted by atomic mass is 19.1. The van der Waals surface area contributed by atoms with E-state index in [1.165, 1.54) is 12.1 Å². The van der Waals surface area contributed by atoms with E-state index >= 15 is 0 Å². The number of esters is 1. The summed E-state index contributed by atoms with van der Waals surface area (Å²) < 4.78 is 18.3. The first-order chi connectivity index (χ1) is 11.0. The lowest BCUT2D eigenvalue weighted by molar-refractivity contribution is -0.146. The van der Waals surface area contributed by atoms with E-state index in [-0.39, 0.29) is 18.8 Å². The molecule has 0 saturated carbocycles. The third-order valence-electron chi connectivity index (χ3n) is 3.31. The minimum atomic E-state index is -0.608. The van der Waals surface area contributed by atoms with Gasteiger partial charge < -0.3 is 10.1 Å². The quantitative estimate of drug-likeness (QED) is 0.678. The van der Waals surface area contributed by atoms with Crippen molar-refractivity contribution in [2.24, 2.45) is 0 Å². The number of carbonyl (C=O) groups excluding carboxylic acids is 2. The molecule has 0 bridgehead atoms. The average molecular weight is 315 g/mol. The Morgan fingerprint density at radius 1 is 1.09 bits per heavy atom. The molecule has 0 spiro atoms. The molecule has 0 aliphatic heterocycles. The number of ether oxygens (including phenoxy) is 1. The predicted octanol–water partition coefficient (Wildman–Crippen LogP) is 3.51. The molecule has 0 fully saturated rings. The van der Waals surface area contributed by atoms with Gasteiger partial charge in [0, 0.05) is 5.69 Å². The zero-order valence-corrected chi connectivity index (χ0v) is 13.1. The van der Waals surface area contributed by atoms with Gasteiger partial charge in [0.1, 0.15) is 18.8 Å². The number of anilines is 1. The zero-order chi connectivity index (χ0) is 16.8. The molecule has 0 aliphatic rings. The number of benzene rings is 2. The van der Waals surface area contributed by atoms with E-state index in [0.29, 0.717) is 16.8 Å². The number of hydrogen-bond donors (Lipinski definition) is 1. The van der Waals surface area contributed by atoms with Crippen molar-refractivity contribution >= 4 is 17.6 Å². The third-order valence-corrected chi connectivity index (χ3v) is 3.31. The Balaban J connectivity index is 1.88. The molecule has 120 valence electrons. The second kappa shape index (κ2) is 7.54. The minimum Gasteiger partial charge on any atom is -0.460 e. The molecule has 1 N–H and O–H groups in total. The van der Waals surface area contributed by atoms with E-state index in [2.05, 4.69) is 5.32 Å². The summed E-state index contributed by atoms with van der Waals surface area (Å²) in [6.07, 6.45) is -0.386. The highest BCUT2D eigenvalue weighted by Gasteiger charge is 2.14. The molecule has 23 heavy (non-hydrogen) atoms. The molecule has 1 amide bonds. The van der Waals surface area contributed by atoms with E-state index in [4.69, 9.17) is 4.74 Å². The molecule has 2 aromatic carbocycles. The van der Waals surface area contributed by atoms with Crippen molar-refractivity contribution in [3.8, 4) is 0 Å². The van der Waals surface area contributed by atoms with Crippen LogP contribution < -0.4 is 5.32 Å². The molecule has 0 atom stereocenters. The maximum atomic E-state index is 13.2. The monoisotopic (exact) mass is 315 g/mol. The fraction of sp³-hybridized carbons (Fsp3) is 0.222. The van der Waals surface area contributed by atoms with E-state index in [1.54, 1.807) is 13.8 Å². The van der Waals surface area contributed by atoms with Crippen LogP contribution in [0.5, 0.6) is 0 Å². The lowest BCUT2D eigenvalue weighted by Gasteiger charge is -2.12. The number of carbonyl (C=O) groups is 2. The Bertz CT molecular complexity index is 690.